The van der Waals surface area contributed by atoms with Crippen LogP contribution in [0, 0.1) is 0 Å². The van der Waals surface area contributed by atoms with E-state index in [9.17, 15) is 13.6 Å². The van der Waals surface area contributed by atoms with Gasteiger partial charge >= 0.3 is 0 Å². The molecule has 1 N–H and O–H groups in total. The highest BCUT2D eigenvalue weighted by molar-refractivity contribution is 9.09. The molecule has 1 aromatic rings. The molecule has 19 heavy (non-hydrogen) atoms. The van der Waals surface area contributed by atoms with Gasteiger partial charge in [0.15, 0.2) is 0 Å². The highest BCUT2D eigenvalue weighted by Gasteiger charge is 2.19. The van der Waals surface area contributed by atoms with Gasteiger partial charge in [-0.25, -0.2) is 8.78 Å². The van der Waals surface area contributed by atoms with Gasteiger partial charge in [-0.05, 0) is 23.6 Å². The first kappa shape index (κ1) is 14.4. The molecule has 0 aromatic heterocycles. The van der Waals surface area contributed by atoms with Crippen LogP contribution in [0.4, 0.5) is 14.5 Å². The van der Waals surface area contributed by atoms with Gasteiger partial charge in [-0.1, -0.05) is 28.1 Å². The van der Waals surface area contributed by atoms with Crippen molar-refractivity contribution in [3.8, 4) is 0 Å². The average molecular weight is 334 g/mol. The number of halogens is 3. The fourth-order valence-corrected chi connectivity index (χ4v) is 2.44. The number of hydrogen-bond donors (Lipinski definition) is 1. The van der Waals surface area contributed by atoms with E-state index in [4.69, 9.17) is 4.74 Å². The van der Waals surface area contributed by atoms with E-state index in [-0.39, 0.29) is 17.3 Å². The third-order valence-corrected chi connectivity index (χ3v) is 3.86. The molecule has 1 amide bonds. The molecule has 0 fully saturated rings. The largest absolute Gasteiger partial charge is 0.375 e. The topological polar surface area (TPSA) is 38.3 Å². The second-order valence-electron chi connectivity index (χ2n) is 4.36. The lowest BCUT2D eigenvalue weighted by Crippen LogP contribution is -2.06. The van der Waals surface area contributed by atoms with E-state index in [1.54, 1.807) is 0 Å². The predicted octanol–water partition coefficient (Wildman–Crippen LogP) is 3.29. The fourth-order valence-electron chi connectivity index (χ4n) is 1.97. The number of ether oxygens (including phenoxy) is 1. The van der Waals surface area contributed by atoms with E-state index in [1.807, 2.05) is 18.2 Å². The Balaban J connectivity index is 1.88. The number of fused-ring (bicyclic) bond motifs is 1. The summed E-state index contributed by atoms with van der Waals surface area (Å²) in [5.74, 6) is -0.00135. The summed E-state index contributed by atoms with van der Waals surface area (Å²) in [7, 11) is 0. The number of amides is 1. The van der Waals surface area contributed by atoms with Gasteiger partial charge in [0.1, 0.15) is 6.61 Å². The van der Waals surface area contributed by atoms with Gasteiger partial charge in [-0.3, -0.25) is 4.79 Å². The van der Waals surface area contributed by atoms with Gasteiger partial charge in [0.25, 0.3) is 6.43 Å². The molecule has 0 bridgehead atoms. The lowest BCUT2D eigenvalue weighted by Gasteiger charge is -2.12. The van der Waals surface area contributed by atoms with E-state index >= 15 is 0 Å². The summed E-state index contributed by atoms with van der Waals surface area (Å²) >= 11 is 3.50. The lowest BCUT2D eigenvalue weighted by molar-refractivity contribution is -0.115. The Bertz CT molecular complexity index is 468. The quantitative estimate of drug-likeness (QED) is 0.640. The first-order valence-electron chi connectivity index (χ1n) is 5.99. The van der Waals surface area contributed by atoms with E-state index in [0.717, 1.165) is 16.8 Å². The Labute approximate surface area is 118 Å². The Morgan fingerprint density at radius 1 is 1.42 bits per heavy atom. The molecule has 0 aliphatic carbocycles. The van der Waals surface area contributed by atoms with Crippen LogP contribution in [0.25, 0.3) is 0 Å². The number of alkyl halides is 3. The van der Waals surface area contributed by atoms with Crippen LogP contribution < -0.4 is 5.32 Å². The first-order valence-corrected chi connectivity index (χ1v) is 6.90. The van der Waals surface area contributed by atoms with Crippen molar-refractivity contribution in [1.82, 2.24) is 0 Å². The lowest BCUT2D eigenvalue weighted by atomic mass is 10.0. The molecule has 6 heteroatoms. The molecule has 104 valence electrons. The van der Waals surface area contributed by atoms with Gasteiger partial charge in [-0.15, -0.1) is 0 Å². The molecule has 0 saturated carbocycles. The maximum Gasteiger partial charge on any atom is 0.261 e. The molecule has 1 unspecified atom stereocenters. The molecule has 2 rings (SSSR count). The number of hydrogen-bond acceptors (Lipinski definition) is 2. The summed E-state index contributed by atoms with van der Waals surface area (Å²) in [4.78, 5) is 11.3. The Morgan fingerprint density at radius 2 is 2.21 bits per heavy atom. The van der Waals surface area contributed by atoms with Crippen LogP contribution in [-0.4, -0.2) is 25.5 Å². The summed E-state index contributed by atoms with van der Waals surface area (Å²) in [5.41, 5.74) is 2.85. The minimum absolute atomic E-state index is 0.00135. The predicted molar refractivity (Wildman–Crippen MR) is 71.9 cm³/mol. The van der Waals surface area contributed by atoms with Crippen molar-refractivity contribution in [2.24, 2.45) is 0 Å². The molecule has 1 aromatic carbocycles. The van der Waals surface area contributed by atoms with Crippen molar-refractivity contribution in [2.45, 2.75) is 24.1 Å². The Morgan fingerprint density at radius 3 is 2.95 bits per heavy atom. The van der Waals surface area contributed by atoms with E-state index in [0.29, 0.717) is 12.8 Å². The van der Waals surface area contributed by atoms with Crippen LogP contribution in [0.2, 0.25) is 0 Å². The maximum absolute atomic E-state index is 11.9. The third-order valence-electron chi connectivity index (χ3n) is 2.88. The van der Waals surface area contributed by atoms with E-state index in [1.165, 1.54) is 0 Å². The molecule has 1 aliphatic rings. The van der Waals surface area contributed by atoms with Crippen LogP contribution in [0.5, 0.6) is 0 Å². The minimum atomic E-state index is -2.43. The molecule has 3 nitrogen and oxygen atoms in total. The summed E-state index contributed by atoms with van der Waals surface area (Å²) < 4.78 is 28.6. The smallest absolute Gasteiger partial charge is 0.261 e. The summed E-state index contributed by atoms with van der Waals surface area (Å²) in [5, 5.41) is 2.77. The maximum atomic E-state index is 11.9. The standard InChI is InChI=1S/C13H14BrF2NO2/c14-10(3-4-19-7-12(15)16)8-1-2-11-9(5-8)6-13(18)17-11/h1-2,5,10,12H,3-4,6-7H2,(H,17,18). The van der Waals surface area contributed by atoms with Gasteiger partial charge in [0.2, 0.25) is 5.91 Å². The number of carbonyl (C=O) groups excluding carboxylic acids is 1. The number of carbonyl (C=O) groups is 1. The van der Waals surface area contributed by atoms with Crippen molar-refractivity contribution in [1.29, 1.82) is 0 Å². The second-order valence-corrected chi connectivity index (χ2v) is 5.47. The van der Waals surface area contributed by atoms with Crippen molar-refractivity contribution in [3.05, 3.63) is 29.3 Å². The van der Waals surface area contributed by atoms with E-state index < -0.39 is 13.0 Å². The summed E-state index contributed by atoms with van der Waals surface area (Å²) in [6.07, 6.45) is -1.43. The molecule has 1 aliphatic heterocycles. The van der Waals surface area contributed by atoms with Crippen molar-refractivity contribution in [3.63, 3.8) is 0 Å². The van der Waals surface area contributed by atoms with Crippen LogP contribution in [0.1, 0.15) is 22.4 Å². The number of anilines is 1. The zero-order valence-electron chi connectivity index (χ0n) is 10.2. The van der Waals surface area contributed by atoms with Crippen LogP contribution >= 0.6 is 15.9 Å². The van der Waals surface area contributed by atoms with Crippen molar-refractivity contribution < 1.29 is 18.3 Å². The zero-order valence-corrected chi connectivity index (χ0v) is 11.8. The molecular formula is C13H14BrF2NO2. The second kappa shape index (κ2) is 6.43. The normalized spacial score (nSPS) is 15.5. The Kier molecular flexibility index (Phi) is 4.87. The highest BCUT2D eigenvalue weighted by atomic mass is 79.9. The molecule has 1 atom stereocenters. The van der Waals surface area contributed by atoms with Gasteiger partial charge in [-0.2, -0.15) is 0 Å². The van der Waals surface area contributed by atoms with Gasteiger partial charge in [0.05, 0.1) is 6.42 Å². The molecule has 1 heterocycles. The summed E-state index contributed by atoms with van der Waals surface area (Å²) in [6, 6.07) is 5.74. The highest BCUT2D eigenvalue weighted by Crippen LogP contribution is 2.31. The molecule has 0 spiro atoms. The molecular weight excluding hydrogens is 320 g/mol. The Hall–Kier alpha value is -1.01. The van der Waals surface area contributed by atoms with Crippen LogP contribution in [-0.2, 0) is 16.0 Å². The monoisotopic (exact) mass is 333 g/mol. The molecule has 0 saturated heterocycles. The van der Waals surface area contributed by atoms with Gasteiger partial charge in [0, 0.05) is 17.1 Å². The fraction of sp³-hybridized carbons (Fsp3) is 0.462. The van der Waals surface area contributed by atoms with Crippen LogP contribution in [0.3, 0.4) is 0 Å². The number of rotatable bonds is 6. The molecule has 0 radical (unpaired) electrons. The number of nitrogens with one attached hydrogen (secondary N) is 1. The van der Waals surface area contributed by atoms with E-state index in [2.05, 4.69) is 21.2 Å². The first-order chi connectivity index (χ1) is 9.06. The minimum Gasteiger partial charge on any atom is -0.375 e. The van der Waals surface area contributed by atoms with Crippen molar-refractivity contribution >= 4 is 27.5 Å². The number of benzene rings is 1. The average Bonchev–Trinajstić information content (AvgIpc) is 2.73. The summed E-state index contributed by atoms with van der Waals surface area (Å²) in [6.45, 7) is -0.253. The zero-order chi connectivity index (χ0) is 13.8. The van der Waals surface area contributed by atoms with Crippen LogP contribution in [0.15, 0.2) is 18.2 Å². The third kappa shape index (κ3) is 3.98. The van der Waals surface area contributed by atoms with Crippen molar-refractivity contribution in [2.75, 3.05) is 18.5 Å². The van der Waals surface area contributed by atoms with Gasteiger partial charge < -0.3 is 10.1 Å². The SMILES string of the molecule is O=C1Cc2cc(C(Br)CCOCC(F)F)ccc2N1.